The van der Waals surface area contributed by atoms with Crippen molar-refractivity contribution in [2.75, 3.05) is 0 Å². The molecule has 0 bridgehead atoms. The van der Waals surface area contributed by atoms with Gasteiger partial charge >= 0.3 is 0 Å². The highest BCUT2D eigenvalue weighted by atomic mass is 35.5. The Hall–Kier alpha value is -4.65. The molecular formula is C21H16ClN7O6. The summed E-state index contributed by atoms with van der Waals surface area (Å²) in [5, 5.41) is 39.9. The number of nitro groups is 3. The van der Waals surface area contributed by atoms with E-state index in [2.05, 4.69) is 15.4 Å². The minimum Gasteiger partial charge on any atom is -0.342 e. The number of rotatable bonds is 7. The summed E-state index contributed by atoms with van der Waals surface area (Å²) in [4.78, 5) is 38.6. The standard InChI is InChI=1S/C21H16ClN7O6/c22-18-8-7-13(11-23-18)12-26-20(15-4-2-6-17(10-15)28(32)33)19(24-21(26)25-29(34)35)14-3-1-5-16(9-14)27(30)31/h1-11,19-20H,12H2,(H,24,25)/t19-,20-/m1/s1. The first-order valence-electron chi connectivity index (χ1n) is 10.1. The van der Waals surface area contributed by atoms with Crippen LogP contribution in [0.25, 0.3) is 0 Å². The quantitative estimate of drug-likeness (QED) is 0.288. The Balaban J connectivity index is 1.87. The number of nitrogens with one attached hydrogen (secondary N) is 1. The van der Waals surface area contributed by atoms with Gasteiger partial charge in [0.1, 0.15) is 10.3 Å². The lowest BCUT2D eigenvalue weighted by Crippen LogP contribution is -2.32. The third kappa shape index (κ3) is 5.14. The molecule has 0 spiro atoms. The van der Waals surface area contributed by atoms with E-state index in [4.69, 9.17) is 11.6 Å². The number of nitrogens with zero attached hydrogens (tertiary/aromatic N) is 6. The fourth-order valence-electron chi connectivity index (χ4n) is 3.94. The molecule has 14 heteroatoms. The maximum absolute atomic E-state index is 11.4. The molecule has 0 amide bonds. The molecule has 0 radical (unpaired) electrons. The van der Waals surface area contributed by atoms with Gasteiger partial charge in [0, 0.05) is 37.0 Å². The number of aromatic nitrogens is 1. The molecule has 1 N–H and O–H groups in total. The van der Waals surface area contributed by atoms with Crippen molar-refractivity contribution < 1.29 is 14.9 Å². The fourth-order valence-corrected chi connectivity index (χ4v) is 4.05. The minimum absolute atomic E-state index is 0.0859. The van der Waals surface area contributed by atoms with Crippen molar-refractivity contribution in [3.63, 3.8) is 0 Å². The fraction of sp³-hybridized carbons (Fsp3) is 0.143. The molecule has 1 aromatic heterocycles. The van der Waals surface area contributed by atoms with Gasteiger partial charge < -0.3 is 10.2 Å². The summed E-state index contributed by atoms with van der Waals surface area (Å²) in [7, 11) is 0. The van der Waals surface area contributed by atoms with Gasteiger partial charge in [0.2, 0.25) is 0 Å². The van der Waals surface area contributed by atoms with Crippen LogP contribution in [0.1, 0.15) is 28.8 Å². The highest BCUT2D eigenvalue weighted by Crippen LogP contribution is 2.41. The predicted octanol–water partition coefficient (Wildman–Crippen LogP) is 3.99. The maximum atomic E-state index is 11.4. The van der Waals surface area contributed by atoms with Gasteiger partial charge in [-0.2, -0.15) is 0 Å². The third-order valence-electron chi connectivity index (χ3n) is 5.39. The lowest BCUT2D eigenvalue weighted by Gasteiger charge is -2.27. The Morgan fingerprint density at radius 1 is 0.943 bits per heavy atom. The zero-order chi connectivity index (χ0) is 25.1. The predicted molar refractivity (Wildman–Crippen MR) is 124 cm³/mol. The van der Waals surface area contributed by atoms with E-state index in [0.29, 0.717) is 16.7 Å². The van der Waals surface area contributed by atoms with Crippen molar-refractivity contribution in [1.82, 2.24) is 15.2 Å². The summed E-state index contributed by atoms with van der Waals surface area (Å²) in [5.74, 6) is -0.113. The van der Waals surface area contributed by atoms with Crippen molar-refractivity contribution >= 4 is 28.9 Å². The van der Waals surface area contributed by atoms with Gasteiger partial charge in [-0.3, -0.25) is 20.2 Å². The first-order chi connectivity index (χ1) is 16.7. The van der Waals surface area contributed by atoms with Crippen molar-refractivity contribution in [3.8, 4) is 0 Å². The van der Waals surface area contributed by atoms with Crippen LogP contribution in [0, 0.1) is 30.3 Å². The highest BCUT2D eigenvalue weighted by molar-refractivity contribution is 6.29. The topological polar surface area (TPSA) is 170 Å². The molecule has 1 fully saturated rings. The smallest absolute Gasteiger partial charge is 0.272 e. The Kier molecular flexibility index (Phi) is 6.51. The lowest BCUT2D eigenvalue weighted by atomic mass is 9.93. The van der Waals surface area contributed by atoms with Crippen LogP contribution in [0.4, 0.5) is 11.4 Å². The summed E-state index contributed by atoms with van der Waals surface area (Å²) in [5.41, 5.74) is 1.20. The number of benzene rings is 2. The van der Waals surface area contributed by atoms with Crippen LogP contribution in [0.2, 0.25) is 5.15 Å². The normalized spacial score (nSPS) is 18.3. The molecule has 0 aliphatic carbocycles. The van der Waals surface area contributed by atoms with Crippen molar-refractivity contribution in [2.45, 2.75) is 18.6 Å². The van der Waals surface area contributed by atoms with Crippen molar-refractivity contribution in [1.29, 1.82) is 0 Å². The zero-order valence-electron chi connectivity index (χ0n) is 17.7. The van der Waals surface area contributed by atoms with Crippen LogP contribution < -0.4 is 5.32 Å². The van der Waals surface area contributed by atoms with E-state index in [-0.39, 0.29) is 29.0 Å². The molecule has 0 unspecified atom stereocenters. The molecule has 1 saturated heterocycles. The van der Waals surface area contributed by atoms with Crippen LogP contribution in [-0.2, 0) is 6.54 Å². The summed E-state index contributed by atoms with van der Waals surface area (Å²) >= 11 is 5.87. The van der Waals surface area contributed by atoms with E-state index in [1.54, 1.807) is 29.2 Å². The lowest BCUT2D eigenvalue weighted by molar-refractivity contribution is -0.485. The molecule has 2 aromatic carbocycles. The summed E-state index contributed by atoms with van der Waals surface area (Å²) in [6, 6.07) is 13.4. The Morgan fingerprint density at radius 2 is 1.57 bits per heavy atom. The minimum atomic E-state index is -0.865. The van der Waals surface area contributed by atoms with Gasteiger partial charge in [-0.25, -0.2) is 15.1 Å². The number of guanidine groups is 1. The van der Waals surface area contributed by atoms with Gasteiger partial charge in [0.15, 0.2) is 5.03 Å². The van der Waals surface area contributed by atoms with E-state index in [1.807, 2.05) is 0 Å². The maximum Gasteiger partial charge on any atom is 0.272 e. The molecule has 2 heterocycles. The molecule has 1 aliphatic heterocycles. The second-order valence-electron chi connectivity index (χ2n) is 7.55. The number of hydrogen-bond acceptors (Lipinski definition) is 7. The van der Waals surface area contributed by atoms with Crippen molar-refractivity contribution in [2.24, 2.45) is 5.10 Å². The number of nitro benzene ring substituents is 2. The van der Waals surface area contributed by atoms with E-state index >= 15 is 0 Å². The average molecular weight is 498 g/mol. The average Bonchev–Trinajstić information content (AvgIpc) is 3.17. The summed E-state index contributed by atoms with van der Waals surface area (Å²) in [6.45, 7) is 0.0859. The van der Waals surface area contributed by atoms with Crippen molar-refractivity contribution in [3.05, 3.63) is 119 Å². The third-order valence-corrected chi connectivity index (χ3v) is 5.61. The molecule has 178 valence electrons. The molecule has 1 aliphatic rings. The Morgan fingerprint density at radius 3 is 2.14 bits per heavy atom. The first kappa shape index (κ1) is 23.5. The zero-order valence-corrected chi connectivity index (χ0v) is 18.5. The van der Waals surface area contributed by atoms with Gasteiger partial charge in [0.05, 0.1) is 21.9 Å². The monoisotopic (exact) mass is 497 g/mol. The van der Waals surface area contributed by atoms with E-state index in [9.17, 15) is 30.3 Å². The van der Waals surface area contributed by atoms with Gasteiger partial charge in [0.25, 0.3) is 17.3 Å². The molecule has 13 nitrogen and oxygen atoms in total. The Labute approximate surface area is 202 Å². The van der Waals surface area contributed by atoms with E-state index in [1.165, 1.54) is 42.6 Å². The van der Waals surface area contributed by atoms with Crippen LogP contribution in [0.15, 0.2) is 72.0 Å². The van der Waals surface area contributed by atoms with Gasteiger partial charge in [-0.1, -0.05) is 41.9 Å². The Bertz CT molecular complexity index is 1330. The van der Waals surface area contributed by atoms with Crippen LogP contribution >= 0.6 is 11.6 Å². The van der Waals surface area contributed by atoms with Crippen LogP contribution in [-0.4, -0.2) is 30.7 Å². The summed E-state index contributed by atoms with van der Waals surface area (Å²) < 4.78 is 0. The SMILES string of the molecule is O=[N+]([O-])/N=C1\N[C@H](c2cccc([N+](=O)[O-])c2)[C@@H](c2cccc([N+](=O)[O-])c2)N1Cc1ccc(Cl)nc1. The second kappa shape index (κ2) is 9.69. The number of hydrogen-bond donors (Lipinski definition) is 1. The van der Waals surface area contributed by atoms with Crippen LogP contribution in [0.3, 0.4) is 0 Å². The van der Waals surface area contributed by atoms with E-state index < -0.39 is 27.0 Å². The van der Waals surface area contributed by atoms with Gasteiger partial charge in [-0.05, 0) is 22.8 Å². The first-order valence-corrected chi connectivity index (χ1v) is 10.5. The molecule has 35 heavy (non-hydrogen) atoms. The highest BCUT2D eigenvalue weighted by Gasteiger charge is 2.42. The number of pyridine rings is 1. The number of non-ortho nitro benzene ring substituents is 2. The summed E-state index contributed by atoms with van der Waals surface area (Å²) in [6.07, 6.45) is 1.50. The molecule has 0 saturated carbocycles. The van der Waals surface area contributed by atoms with Gasteiger partial charge in [-0.15, -0.1) is 0 Å². The number of hydrazone groups is 1. The largest absolute Gasteiger partial charge is 0.342 e. The van der Waals surface area contributed by atoms with E-state index in [0.717, 1.165) is 0 Å². The molecular weight excluding hydrogens is 482 g/mol. The molecule has 4 rings (SSSR count). The second-order valence-corrected chi connectivity index (χ2v) is 7.94. The number of halogens is 1. The molecule has 3 aromatic rings. The van der Waals surface area contributed by atoms with Crippen LogP contribution in [0.5, 0.6) is 0 Å². The molecule has 2 atom stereocenters.